The Hall–Kier alpha value is -2.93. The number of aliphatic imine (C=N–C) groups is 2. The number of hydrogen-bond donors (Lipinski definition) is 1. The predicted octanol–water partition coefficient (Wildman–Crippen LogP) is 5.77. The molecule has 6 nitrogen and oxygen atoms in total. The minimum atomic E-state index is -0.427. The molecule has 0 bridgehead atoms. The Morgan fingerprint density at radius 1 is 1.12 bits per heavy atom. The van der Waals surface area contributed by atoms with Crippen LogP contribution in [0.2, 0.25) is 0 Å². The molecule has 0 saturated heterocycles. The number of carbonyl (C=O) groups excluding carboxylic acids is 2. The largest absolute Gasteiger partial charge is 0.325 e. The van der Waals surface area contributed by atoms with Gasteiger partial charge in [0.05, 0.1) is 10.9 Å². The highest BCUT2D eigenvalue weighted by Gasteiger charge is 2.43. The lowest BCUT2D eigenvalue weighted by Crippen LogP contribution is -2.43. The molecule has 2 aliphatic rings. The van der Waals surface area contributed by atoms with Crippen LogP contribution in [0.1, 0.15) is 55.9 Å². The third-order valence-corrected chi connectivity index (χ3v) is 7.83. The normalized spacial score (nSPS) is 18.6. The summed E-state index contributed by atoms with van der Waals surface area (Å²) in [4.78, 5) is 38.0. The summed E-state index contributed by atoms with van der Waals surface area (Å²) in [6, 6.07) is 11.4. The van der Waals surface area contributed by atoms with E-state index in [1.807, 2.05) is 52.0 Å². The summed E-state index contributed by atoms with van der Waals surface area (Å²) in [5.41, 5.74) is 5.72. The molecule has 4 rings (SSSR count). The highest BCUT2D eigenvalue weighted by Crippen LogP contribution is 2.37. The number of amidine groups is 2. The molecule has 3 unspecified atom stereocenters. The van der Waals surface area contributed by atoms with Crippen molar-refractivity contribution in [2.24, 2.45) is 15.9 Å². The number of benzene rings is 2. The summed E-state index contributed by atoms with van der Waals surface area (Å²) in [7, 11) is 0. The monoisotopic (exact) mass is 476 g/mol. The first kappa shape index (κ1) is 24.2. The van der Waals surface area contributed by atoms with Crippen LogP contribution < -0.4 is 5.32 Å². The second-order valence-electron chi connectivity index (χ2n) is 9.15. The van der Waals surface area contributed by atoms with Crippen LogP contribution in [0.3, 0.4) is 0 Å². The van der Waals surface area contributed by atoms with E-state index in [2.05, 4.69) is 31.3 Å². The second kappa shape index (κ2) is 9.74. The Morgan fingerprint density at radius 3 is 2.44 bits per heavy atom. The quantitative estimate of drug-likeness (QED) is 0.575. The number of rotatable bonds is 6. The number of aryl methyl sites for hydroxylation is 3. The van der Waals surface area contributed by atoms with Gasteiger partial charge < -0.3 is 5.32 Å². The first-order valence-electron chi connectivity index (χ1n) is 11.9. The molecule has 7 heteroatoms. The Kier molecular flexibility index (Phi) is 6.94. The third-order valence-electron chi connectivity index (χ3n) is 6.52. The number of para-hydroxylation sites is 1. The fourth-order valence-corrected chi connectivity index (χ4v) is 5.49. The van der Waals surface area contributed by atoms with Gasteiger partial charge in [0.2, 0.25) is 5.91 Å². The molecule has 0 spiro atoms. The van der Waals surface area contributed by atoms with Crippen LogP contribution in [0, 0.1) is 26.7 Å². The molecule has 2 aliphatic heterocycles. The molecular formula is C27H32N4O2S. The topological polar surface area (TPSA) is 74.1 Å². The van der Waals surface area contributed by atoms with Gasteiger partial charge in [0.25, 0.3) is 5.91 Å². The number of thioether (sulfide) groups is 1. The van der Waals surface area contributed by atoms with Gasteiger partial charge >= 0.3 is 0 Å². The zero-order valence-electron chi connectivity index (χ0n) is 20.7. The van der Waals surface area contributed by atoms with Crippen LogP contribution in [0.5, 0.6) is 0 Å². The van der Waals surface area contributed by atoms with Crippen molar-refractivity contribution in [1.29, 1.82) is 0 Å². The minimum absolute atomic E-state index is 0.0643. The molecule has 2 heterocycles. The molecule has 0 aromatic heterocycles. The van der Waals surface area contributed by atoms with E-state index >= 15 is 0 Å². The molecule has 0 saturated carbocycles. The first-order chi connectivity index (χ1) is 16.2. The Morgan fingerprint density at radius 2 is 1.79 bits per heavy atom. The van der Waals surface area contributed by atoms with Gasteiger partial charge in [0, 0.05) is 11.3 Å². The average molecular weight is 477 g/mol. The lowest BCUT2D eigenvalue weighted by Gasteiger charge is -2.28. The highest BCUT2D eigenvalue weighted by atomic mass is 32.2. The van der Waals surface area contributed by atoms with Crippen LogP contribution in [0.15, 0.2) is 46.4 Å². The van der Waals surface area contributed by atoms with E-state index in [0.29, 0.717) is 17.4 Å². The van der Waals surface area contributed by atoms with Crippen LogP contribution in [-0.4, -0.2) is 39.0 Å². The standard InChI is InChI=1S/C27H32N4O2S/c1-7-16(4)23-26(33)31-24(29-23)19-11-9-10-12-20(19)28-27(31)34-21(8-2)25(32)30-22-17(5)13-15(3)14-18(22)6/h9-14,16,21,23H,7-8H2,1-6H3,(H,30,32). The fraction of sp³-hybridized carbons (Fsp3) is 0.407. The number of anilines is 1. The van der Waals surface area contributed by atoms with Crippen molar-refractivity contribution in [3.8, 4) is 0 Å². The molecule has 0 aliphatic carbocycles. The number of fused-ring (bicyclic) bond motifs is 3. The summed E-state index contributed by atoms with van der Waals surface area (Å²) >= 11 is 1.34. The number of amides is 2. The van der Waals surface area contributed by atoms with E-state index in [1.165, 1.54) is 17.3 Å². The fourth-order valence-electron chi connectivity index (χ4n) is 4.47. The molecule has 2 aromatic rings. The van der Waals surface area contributed by atoms with E-state index in [1.54, 1.807) is 4.90 Å². The molecule has 1 N–H and O–H groups in total. The van der Waals surface area contributed by atoms with Crippen LogP contribution in [-0.2, 0) is 9.59 Å². The maximum Gasteiger partial charge on any atom is 0.259 e. The predicted molar refractivity (Wildman–Crippen MR) is 141 cm³/mol. The summed E-state index contributed by atoms with van der Waals surface area (Å²) in [6.45, 7) is 12.2. The molecule has 2 amide bonds. The summed E-state index contributed by atoms with van der Waals surface area (Å²) in [6.07, 6.45) is 1.46. The van der Waals surface area contributed by atoms with Crippen molar-refractivity contribution in [3.63, 3.8) is 0 Å². The van der Waals surface area contributed by atoms with E-state index < -0.39 is 11.3 Å². The van der Waals surface area contributed by atoms with Crippen molar-refractivity contribution >= 4 is 46.0 Å². The molecule has 178 valence electrons. The summed E-state index contributed by atoms with van der Waals surface area (Å²) < 4.78 is 0. The molecule has 3 atom stereocenters. The van der Waals surface area contributed by atoms with Gasteiger partial charge in [-0.2, -0.15) is 0 Å². The lowest BCUT2D eigenvalue weighted by molar-refractivity contribution is -0.125. The zero-order valence-corrected chi connectivity index (χ0v) is 21.5. The Labute approximate surface area is 205 Å². The molecule has 0 radical (unpaired) electrons. The summed E-state index contributed by atoms with van der Waals surface area (Å²) in [5, 5.41) is 3.24. The molecule has 34 heavy (non-hydrogen) atoms. The number of hydrogen-bond acceptors (Lipinski definition) is 5. The van der Waals surface area contributed by atoms with Gasteiger partial charge in [0.15, 0.2) is 5.17 Å². The van der Waals surface area contributed by atoms with Crippen LogP contribution >= 0.6 is 11.8 Å². The van der Waals surface area contributed by atoms with Crippen molar-refractivity contribution in [2.45, 2.75) is 65.7 Å². The van der Waals surface area contributed by atoms with Crippen LogP contribution in [0.4, 0.5) is 11.4 Å². The number of nitrogens with zero attached hydrogens (tertiary/aromatic N) is 3. The van der Waals surface area contributed by atoms with Crippen molar-refractivity contribution < 1.29 is 9.59 Å². The molecule has 0 fully saturated rings. The van der Waals surface area contributed by atoms with Crippen LogP contribution in [0.25, 0.3) is 0 Å². The minimum Gasteiger partial charge on any atom is -0.325 e. The first-order valence-corrected chi connectivity index (χ1v) is 12.8. The average Bonchev–Trinajstić information content (AvgIpc) is 3.16. The van der Waals surface area contributed by atoms with E-state index in [9.17, 15) is 9.59 Å². The Balaban J connectivity index is 1.64. The highest BCUT2D eigenvalue weighted by molar-refractivity contribution is 8.15. The maximum absolute atomic E-state index is 13.4. The van der Waals surface area contributed by atoms with Gasteiger partial charge in [-0.1, -0.05) is 68.8 Å². The Bertz CT molecular complexity index is 1180. The van der Waals surface area contributed by atoms with Gasteiger partial charge in [0.1, 0.15) is 11.9 Å². The van der Waals surface area contributed by atoms with Crippen molar-refractivity contribution in [3.05, 3.63) is 58.7 Å². The smallest absolute Gasteiger partial charge is 0.259 e. The SMILES string of the molecule is CCC(SC1=Nc2ccccc2C2=NC(C(C)CC)C(=O)N12)C(=O)Nc1c(C)cc(C)cc1C. The second-order valence-corrected chi connectivity index (χ2v) is 10.3. The lowest BCUT2D eigenvalue weighted by atomic mass is 10.00. The maximum atomic E-state index is 13.4. The summed E-state index contributed by atoms with van der Waals surface area (Å²) in [5.74, 6) is 0.615. The van der Waals surface area contributed by atoms with Gasteiger partial charge in [-0.3, -0.25) is 14.6 Å². The van der Waals surface area contributed by atoms with E-state index in [4.69, 9.17) is 9.98 Å². The van der Waals surface area contributed by atoms with E-state index in [0.717, 1.165) is 34.5 Å². The molecule has 2 aromatic carbocycles. The third kappa shape index (κ3) is 4.41. The zero-order chi connectivity index (χ0) is 24.6. The number of nitrogens with one attached hydrogen (secondary N) is 1. The van der Waals surface area contributed by atoms with Gasteiger partial charge in [-0.25, -0.2) is 9.89 Å². The van der Waals surface area contributed by atoms with Gasteiger partial charge in [-0.15, -0.1) is 0 Å². The van der Waals surface area contributed by atoms with Crippen molar-refractivity contribution in [1.82, 2.24) is 4.90 Å². The van der Waals surface area contributed by atoms with E-state index in [-0.39, 0.29) is 17.7 Å². The number of carbonyl (C=O) groups is 2. The van der Waals surface area contributed by atoms with Gasteiger partial charge in [-0.05, 0) is 56.4 Å². The van der Waals surface area contributed by atoms with Crippen molar-refractivity contribution in [2.75, 3.05) is 5.32 Å². The molecular weight excluding hydrogens is 444 g/mol.